The van der Waals surface area contributed by atoms with Gasteiger partial charge in [0.05, 0.1) is 0 Å². The topological polar surface area (TPSA) is 17.1 Å². The van der Waals surface area contributed by atoms with Crippen molar-refractivity contribution in [3.63, 3.8) is 0 Å². The number of benzene rings is 2. The number of rotatable bonds is 2. The van der Waals surface area contributed by atoms with Gasteiger partial charge < -0.3 is 0 Å². The molecule has 0 bridgehead atoms. The highest BCUT2D eigenvalue weighted by molar-refractivity contribution is 8.00. The van der Waals surface area contributed by atoms with Gasteiger partial charge in [-0.3, -0.25) is 4.57 Å². The summed E-state index contributed by atoms with van der Waals surface area (Å²) in [6, 6.07) is 12.6. The van der Waals surface area contributed by atoms with Gasteiger partial charge in [0.2, 0.25) is 6.49 Å². The van der Waals surface area contributed by atoms with E-state index in [1.54, 1.807) is 0 Å². The van der Waals surface area contributed by atoms with Gasteiger partial charge in [0.15, 0.2) is 0 Å². The van der Waals surface area contributed by atoms with E-state index in [1.807, 2.05) is 12.1 Å². The largest absolute Gasteiger partial charge is 0.296 e. The molecule has 0 saturated carbocycles. The van der Waals surface area contributed by atoms with Crippen molar-refractivity contribution in [3.05, 3.63) is 58.7 Å². The predicted molar refractivity (Wildman–Crippen MR) is 140 cm³/mol. The Labute approximate surface area is 196 Å². The fourth-order valence-corrected chi connectivity index (χ4v) is 6.93. The Morgan fingerprint density at radius 3 is 1.06 bits per heavy atom. The lowest BCUT2D eigenvalue weighted by atomic mass is 9.80. The van der Waals surface area contributed by atoms with Crippen LogP contribution in [0.25, 0.3) is 0 Å². The molecule has 0 aliphatic rings. The highest BCUT2D eigenvalue weighted by atomic mass is 35.7. The third kappa shape index (κ3) is 5.66. The zero-order valence-electron chi connectivity index (χ0n) is 21.7. The average Bonchev–Trinajstić information content (AvgIpc) is 2.57. The molecule has 2 rings (SSSR count). The first-order valence-corrected chi connectivity index (χ1v) is 13.9. The molecule has 0 amide bonds. The van der Waals surface area contributed by atoms with Crippen LogP contribution in [-0.2, 0) is 26.2 Å². The molecule has 0 aromatic heterocycles. The monoisotopic (exact) mass is 460 g/mol. The molecular formula is C28H42ClOP. The predicted octanol–water partition coefficient (Wildman–Crippen LogP) is 8.34. The maximum atomic E-state index is 14.4. The minimum absolute atomic E-state index is 0.0136. The fraction of sp³-hybridized carbons (Fsp3) is 0.571. The van der Waals surface area contributed by atoms with Gasteiger partial charge in [0.1, 0.15) is 0 Å². The van der Waals surface area contributed by atoms with Crippen molar-refractivity contribution in [1.29, 1.82) is 0 Å². The van der Waals surface area contributed by atoms with Gasteiger partial charge in [-0.15, -0.1) is 0 Å². The van der Waals surface area contributed by atoms with Crippen LogP contribution in [0.2, 0.25) is 0 Å². The summed E-state index contributed by atoms with van der Waals surface area (Å²) < 4.78 is 14.4. The number of hydrogen-bond donors (Lipinski definition) is 0. The van der Waals surface area contributed by atoms with Crippen LogP contribution in [0.3, 0.4) is 0 Å². The van der Waals surface area contributed by atoms with E-state index >= 15 is 0 Å². The molecule has 0 unspecified atom stereocenters. The summed E-state index contributed by atoms with van der Waals surface area (Å²) in [7, 11) is 0. The van der Waals surface area contributed by atoms with Gasteiger partial charge in [-0.05, 0) is 67.3 Å². The first kappa shape index (κ1) is 26.2. The second-order valence-corrected chi connectivity index (χ2v) is 16.5. The van der Waals surface area contributed by atoms with E-state index in [4.69, 9.17) is 11.2 Å². The molecule has 0 aliphatic heterocycles. The summed E-state index contributed by atoms with van der Waals surface area (Å²) in [6.07, 6.45) is 0. The smallest absolute Gasteiger partial charge is 0.226 e. The lowest BCUT2D eigenvalue weighted by Gasteiger charge is -2.32. The molecule has 31 heavy (non-hydrogen) atoms. The Bertz CT molecular complexity index is 926. The summed E-state index contributed by atoms with van der Waals surface area (Å²) in [6.45, 7) is 22.9. The van der Waals surface area contributed by atoms with Crippen LogP contribution in [0.4, 0.5) is 0 Å². The second-order valence-electron chi connectivity index (χ2n) is 13.0. The molecule has 0 atom stereocenters. The van der Waals surface area contributed by atoms with Gasteiger partial charge in [0, 0.05) is 10.6 Å². The minimum atomic E-state index is -3.34. The molecule has 2 aromatic rings. The lowest BCUT2D eigenvalue weighted by Crippen LogP contribution is -2.30. The van der Waals surface area contributed by atoms with E-state index in [0.717, 1.165) is 21.7 Å². The quantitative estimate of drug-likeness (QED) is 0.411. The molecule has 0 fully saturated rings. The van der Waals surface area contributed by atoms with E-state index in [0.29, 0.717) is 0 Å². The Morgan fingerprint density at radius 1 is 0.548 bits per heavy atom. The van der Waals surface area contributed by atoms with Gasteiger partial charge in [-0.25, -0.2) is 0 Å². The Morgan fingerprint density at radius 2 is 0.839 bits per heavy atom. The van der Waals surface area contributed by atoms with Gasteiger partial charge in [-0.2, -0.15) is 0 Å². The first-order chi connectivity index (χ1) is 13.7. The van der Waals surface area contributed by atoms with Crippen LogP contribution in [0, 0.1) is 0 Å². The average molecular weight is 461 g/mol. The Kier molecular flexibility index (Phi) is 6.83. The normalized spacial score (nSPS) is 14.1. The van der Waals surface area contributed by atoms with E-state index in [-0.39, 0.29) is 21.7 Å². The Balaban J connectivity index is 2.86. The van der Waals surface area contributed by atoms with Crippen LogP contribution in [0.15, 0.2) is 36.4 Å². The molecule has 3 heteroatoms. The molecule has 0 saturated heterocycles. The number of hydrogen-bond acceptors (Lipinski definition) is 1. The van der Waals surface area contributed by atoms with E-state index in [2.05, 4.69) is 107 Å². The van der Waals surface area contributed by atoms with Crippen molar-refractivity contribution in [1.82, 2.24) is 0 Å². The van der Waals surface area contributed by atoms with Crippen molar-refractivity contribution < 1.29 is 4.57 Å². The van der Waals surface area contributed by atoms with Gasteiger partial charge >= 0.3 is 0 Å². The minimum Gasteiger partial charge on any atom is -0.296 e. The zero-order valence-corrected chi connectivity index (χ0v) is 23.3. The fourth-order valence-electron chi connectivity index (χ4n) is 3.84. The van der Waals surface area contributed by atoms with Crippen LogP contribution in [-0.4, -0.2) is 0 Å². The maximum absolute atomic E-state index is 14.4. The SMILES string of the molecule is CC(C)(C)c1ccc(P(=O)(Cl)c2ccc(C(C)(C)C)cc2C(C)(C)C)c(C(C)(C)C)c1. The Hall–Kier alpha value is -1.04. The van der Waals surface area contributed by atoms with Crippen molar-refractivity contribution in [2.24, 2.45) is 0 Å². The third-order valence-electron chi connectivity index (χ3n) is 5.96. The van der Waals surface area contributed by atoms with Crippen molar-refractivity contribution >= 4 is 28.3 Å². The summed E-state index contributed by atoms with van der Waals surface area (Å²) in [5.41, 5.74) is 4.28. The van der Waals surface area contributed by atoms with E-state index in [1.165, 1.54) is 11.1 Å². The molecular weight excluding hydrogens is 419 g/mol. The standard InChI is InChI=1S/C28H42ClOP/c1-25(2,3)19-13-15-23(21(17-19)27(7,8)9)31(29,30)24-16-14-20(26(4,5)6)18-22(24)28(10,11)12/h13-18H,1-12H3. The lowest BCUT2D eigenvalue weighted by molar-refractivity contribution is 0.566. The molecule has 2 aromatic carbocycles. The summed E-state index contributed by atoms with van der Waals surface area (Å²) >= 11 is 7.10. The van der Waals surface area contributed by atoms with Gasteiger partial charge in [0.25, 0.3) is 0 Å². The van der Waals surface area contributed by atoms with E-state index in [9.17, 15) is 4.57 Å². The second kappa shape index (κ2) is 8.07. The summed E-state index contributed by atoms with van der Waals surface area (Å²) in [5, 5.41) is 1.53. The van der Waals surface area contributed by atoms with Crippen LogP contribution < -0.4 is 10.6 Å². The molecule has 0 heterocycles. The van der Waals surface area contributed by atoms with Crippen LogP contribution in [0.5, 0.6) is 0 Å². The number of halogens is 1. The van der Waals surface area contributed by atoms with Crippen molar-refractivity contribution in [2.75, 3.05) is 0 Å². The summed E-state index contributed by atoms with van der Waals surface area (Å²) in [4.78, 5) is 0. The third-order valence-corrected chi connectivity index (χ3v) is 9.07. The first-order valence-electron chi connectivity index (χ1n) is 11.3. The summed E-state index contributed by atoms with van der Waals surface area (Å²) in [5.74, 6) is 0. The van der Waals surface area contributed by atoms with Gasteiger partial charge in [-0.1, -0.05) is 107 Å². The van der Waals surface area contributed by atoms with Crippen molar-refractivity contribution in [2.45, 2.75) is 105 Å². The molecule has 0 N–H and O–H groups in total. The molecule has 0 radical (unpaired) electrons. The zero-order chi connectivity index (χ0) is 24.2. The molecule has 0 spiro atoms. The molecule has 0 aliphatic carbocycles. The molecule has 1 nitrogen and oxygen atoms in total. The van der Waals surface area contributed by atoms with Crippen molar-refractivity contribution in [3.8, 4) is 0 Å². The van der Waals surface area contributed by atoms with E-state index < -0.39 is 6.49 Å². The maximum Gasteiger partial charge on any atom is 0.226 e. The highest BCUT2D eigenvalue weighted by Gasteiger charge is 2.36. The van der Waals surface area contributed by atoms with Crippen LogP contribution in [0.1, 0.15) is 105 Å². The van der Waals surface area contributed by atoms with Crippen LogP contribution >= 0.6 is 17.7 Å². The highest BCUT2D eigenvalue weighted by Crippen LogP contribution is 2.53. The molecule has 172 valence electrons.